The molecular formula is C27H34N2O4. The zero-order valence-corrected chi connectivity index (χ0v) is 19.6. The smallest absolute Gasteiger partial charge is 0.133 e. The Labute approximate surface area is 196 Å². The molecule has 0 saturated carbocycles. The molecule has 176 valence electrons. The van der Waals surface area contributed by atoms with Gasteiger partial charge in [-0.2, -0.15) is 0 Å². The normalized spacial score (nSPS) is 14.4. The van der Waals surface area contributed by atoms with Gasteiger partial charge in [-0.15, -0.1) is 0 Å². The fraction of sp³-hybridized carbons (Fsp3) is 0.444. The Hall–Kier alpha value is -2.99. The fourth-order valence-corrected chi connectivity index (χ4v) is 4.01. The Kier molecular flexibility index (Phi) is 7.89. The molecule has 1 aromatic heterocycles. The number of nitrogens with two attached hydrogens (primary N) is 1. The molecule has 0 spiro atoms. The fourth-order valence-electron chi connectivity index (χ4n) is 4.01. The van der Waals surface area contributed by atoms with Crippen LogP contribution < -0.4 is 19.9 Å². The molecule has 6 heteroatoms. The summed E-state index contributed by atoms with van der Waals surface area (Å²) in [5, 5.41) is 1.03. The number of aromatic nitrogens is 1. The van der Waals surface area contributed by atoms with E-state index in [0.717, 1.165) is 72.6 Å². The number of unbranched alkanes of at least 4 members (excludes halogenated alkanes) is 1. The summed E-state index contributed by atoms with van der Waals surface area (Å²) in [7, 11) is 0. The van der Waals surface area contributed by atoms with Crippen molar-refractivity contribution in [3.8, 4) is 17.2 Å². The Morgan fingerprint density at radius 2 is 1.79 bits per heavy atom. The summed E-state index contributed by atoms with van der Waals surface area (Å²) in [5.74, 6) is 2.80. The van der Waals surface area contributed by atoms with Gasteiger partial charge < -0.3 is 24.7 Å². The molecule has 2 heterocycles. The highest BCUT2D eigenvalue weighted by Gasteiger charge is 2.16. The van der Waals surface area contributed by atoms with Crippen LogP contribution in [0.25, 0.3) is 10.9 Å². The molecule has 0 radical (unpaired) electrons. The van der Waals surface area contributed by atoms with Crippen LogP contribution in [0.4, 0.5) is 5.69 Å². The van der Waals surface area contributed by atoms with Crippen molar-refractivity contribution in [2.45, 2.75) is 46.1 Å². The Morgan fingerprint density at radius 1 is 1.03 bits per heavy atom. The van der Waals surface area contributed by atoms with Gasteiger partial charge in [-0.25, -0.2) is 4.98 Å². The first kappa shape index (κ1) is 23.2. The number of hydrogen-bond donors (Lipinski definition) is 1. The molecule has 1 aliphatic rings. The monoisotopic (exact) mass is 450 g/mol. The number of anilines is 1. The van der Waals surface area contributed by atoms with Gasteiger partial charge in [0.1, 0.15) is 23.9 Å². The minimum Gasteiger partial charge on any atom is -0.493 e. The van der Waals surface area contributed by atoms with Crippen LogP contribution in [-0.4, -0.2) is 31.4 Å². The maximum Gasteiger partial charge on any atom is 0.133 e. The maximum atomic E-state index is 6.17. The van der Waals surface area contributed by atoms with E-state index in [4.69, 9.17) is 29.7 Å². The van der Waals surface area contributed by atoms with E-state index < -0.39 is 0 Å². The van der Waals surface area contributed by atoms with Crippen molar-refractivity contribution in [2.24, 2.45) is 5.92 Å². The zero-order chi connectivity index (χ0) is 23.0. The predicted octanol–water partition coefficient (Wildman–Crippen LogP) is 5.69. The topological polar surface area (TPSA) is 75.8 Å². The van der Waals surface area contributed by atoms with Crippen molar-refractivity contribution in [3.05, 3.63) is 53.7 Å². The molecule has 0 bridgehead atoms. The second-order valence-electron chi connectivity index (χ2n) is 8.62. The number of fused-ring (bicyclic) bond motifs is 1. The van der Waals surface area contributed by atoms with E-state index in [1.807, 2.05) is 43.3 Å². The third-order valence-corrected chi connectivity index (χ3v) is 6.03. The number of rotatable bonds is 10. The standard InChI is InChI=1S/C27H34N2O4/c1-3-4-11-31-27-19(2)26(29-25-8-6-5-7-24(25)27)18-33-23-15-21(28)14-22(16-23)32-17-20-9-12-30-13-10-20/h5-8,14-16,20H,3-4,9-13,17-18,28H2,1-2H3. The molecule has 1 aliphatic heterocycles. The number of para-hydroxylation sites is 1. The third-order valence-electron chi connectivity index (χ3n) is 6.03. The lowest BCUT2D eigenvalue weighted by Gasteiger charge is -2.22. The predicted molar refractivity (Wildman–Crippen MR) is 131 cm³/mol. The molecule has 2 aromatic carbocycles. The van der Waals surface area contributed by atoms with Crippen LogP contribution in [0.3, 0.4) is 0 Å². The van der Waals surface area contributed by atoms with E-state index in [0.29, 0.717) is 37.2 Å². The summed E-state index contributed by atoms with van der Waals surface area (Å²) >= 11 is 0. The maximum absolute atomic E-state index is 6.17. The summed E-state index contributed by atoms with van der Waals surface area (Å²) in [6, 6.07) is 13.6. The Morgan fingerprint density at radius 3 is 2.58 bits per heavy atom. The van der Waals surface area contributed by atoms with Gasteiger partial charge in [0, 0.05) is 48.0 Å². The number of pyridine rings is 1. The second kappa shape index (κ2) is 11.2. The highest BCUT2D eigenvalue weighted by atomic mass is 16.5. The first-order chi connectivity index (χ1) is 16.1. The molecule has 2 N–H and O–H groups in total. The largest absolute Gasteiger partial charge is 0.493 e. The van der Waals surface area contributed by atoms with Gasteiger partial charge in [0.2, 0.25) is 0 Å². The summed E-state index contributed by atoms with van der Waals surface area (Å²) in [5.41, 5.74) is 9.49. The Bertz CT molecular complexity index is 1060. The lowest BCUT2D eigenvalue weighted by Crippen LogP contribution is -2.21. The number of nitrogen functional groups attached to an aromatic ring is 1. The second-order valence-corrected chi connectivity index (χ2v) is 8.62. The van der Waals surface area contributed by atoms with E-state index in [1.165, 1.54) is 0 Å². The third kappa shape index (κ3) is 6.08. The summed E-state index contributed by atoms with van der Waals surface area (Å²) in [6.45, 7) is 7.49. The molecule has 1 saturated heterocycles. The van der Waals surface area contributed by atoms with E-state index in [2.05, 4.69) is 13.0 Å². The minimum absolute atomic E-state index is 0.323. The van der Waals surface area contributed by atoms with E-state index >= 15 is 0 Å². The molecule has 3 aromatic rings. The SMILES string of the molecule is CCCCOc1c(C)c(COc2cc(N)cc(OCC3CCOCC3)c2)nc2ccccc12. The molecule has 6 nitrogen and oxygen atoms in total. The number of ether oxygens (including phenoxy) is 4. The van der Waals surface area contributed by atoms with Gasteiger partial charge >= 0.3 is 0 Å². The summed E-state index contributed by atoms with van der Waals surface area (Å²) < 4.78 is 23.7. The van der Waals surface area contributed by atoms with Gasteiger partial charge in [-0.05, 0) is 44.2 Å². The minimum atomic E-state index is 0.323. The number of hydrogen-bond acceptors (Lipinski definition) is 6. The van der Waals surface area contributed by atoms with Crippen molar-refractivity contribution < 1.29 is 18.9 Å². The van der Waals surface area contributed by atoms with Crippen LogP contribution in [0, 0.1) is 12.8 Å². The highest BCUT2D eigenvalue weighted by Crippen LogP contribution is 2.32. The lowest BCUT2D eigenvalue weighted by atomic mass is 10.0. The van der Waals surface area contributed by atoms with Crippen LogP contribution in [0.15, 0.2) is 42.5 Å². The molecule has 0 aliphatic carbocycles. The van der Waals surface area contributed by atoms with Gasteiger partial charge in [0.15, 0.2) is 0 Å². The van der Waals surface area contributed by atoms with E-state index in [-0.39, 0.29) is 0 Å². The first-order valence-corrected chi connectivity index (χ1v) is 11.9. The molecule has 33 heavy (non-hydrogen) atoms. The summed E-state index contributed by atoms with van der Waals surface area (Å²) in [6.07, 6.45) is 4.16. The zero-order valence-electron chi connectivity index (χ0n) is 19.6. The van der Waals surface area contributed by atoms with Gasteiger partial charge in [0.25, 0.3) is 0 Å². The van der Waals surface area contributed by atoms with Crippen LogP contribution in [0.2, 0.25) is 0 Å². The average Bonchev–Trinajstić information content (AvgIpc) is 2.83. The van der Waals surface area contributed by atoms with Crippen molar-refractivity contribution in [1.82, 2.24) is 4.98 Å². The van der Waals surface area contributed by atoms with Crippen molar-refractivity contribution in [2.75, 3.05) is 32.2 Å². The Balaban J connectivity index is 1.48. The van der Waals surface area contributed by atoms with Crippen LogP contribution in [-0.2, 0) is 11.3 Å². The molecule has 0 amide bonds. The molecule has 1 fully saturated rings. The number of benzene rings is 2. The van der Waals surface area contributed by atoms with Crippen LogP contribution >= 0.6 is 0 Å². The van der Waals surface area contributed by atoms with Crippen molar-refractivity contribution in [3.63, 3.8) is 0 Å². The first-order valence-electron chi connectivity index (χ1n) is 11.9. The quantitative estimate of drug-likeness (QED) is 0.316. The highest BCUT2D eigenvalue weighted by molar-refractivity contribution is 5.86. The van der Waals surface area contributed by atoms with Gasteiger partial charge in [0.05, 0.1) is 24.4 Å². The van der Waals surface area contributed by atoms with E-state index in [1.54, 1.807) is 0 Å². The van der Waals surface area contributed by atoms with E-state index in [9.17, 15) is 0 Å². The lowest BCUT2D eigenvalue weighted by molar-refractivity contribution is 0.0497. The van der Waals surface area contributed by atoms with Gasteiger partial charge in [-0.3, -0.25) is 0 Å². The molecule has 0 atom stereocenters. The van der Waals surface area contributed by atoms with Crippen molar-refractivity contribution >= 4 is 16.6 Å². The summed E-state index contributed by atoms with van der Waals surface area (Å²) in [4.78, 5) is 4.84. The average molecular weight is 451 g/mol. The number of nitrogens with zero attached hydrogens (tertiary/aromatic N) is 1. The molecular weight excluding hydrogens is 416 g/mol. The van der Waals surface area contributed by atoms with Crippen LogP contribution in [0.5, 0.6) is 17.2 Å². The van der Waals surface area contributed by atoms with Crippen LogP contribution in [0.1, 0.15) is 43.9 Å². The molecule has 0 unspecified atom stereocenters. The molecule has 4 rings (SSSR count). The van der Waals surface area contributed by atoms with Gasteiger partial charge in [-0.1, -0.05) is 25.5 Å². The van der Waals surface area contributed by atoms with Crippen molar-refractivity contribution in [1.29, 1.82) is 0 Å².